The van der Waals surface area contributed by atoms with E-state index in [2.05, 4.69) is 0 Å². The Morgan fingerprint density at radius 2 is 1.74 bits per heavy atom. The van der Waals surface area contributed by atoms with Crippen LogP contribution in [0.5, 0.6) is 5.75 Å². The first-order valence-corrected chi connectivity index (χ1v) is 6.61. The van der Waals surface area contributed by atoms with Gasteiger partial charge in [-0.05, 0) is 31.0 Å². The van der Waals surface area contributed by atoms with Crippen LogP contribution >= 0.6 is 0 Å². The van der Waals surface area contributed by atoms with Crippen LogP contribution in [0.2, 0.25) is 0 Å². The molecule has 0 saturated heterocycles. The van der Waals surface area contributed by atoms with Gasteiger partial charge in [0.2, 0.25) is 0 Å². The summed E-state index contributed by atoms with van der Waals surface area (Å²) in [7, 11) is 0. The summed E-state index contributed by atoms with van der Waals surface area (Å²) in [5.74, 6) is -1.64. The van der Waals surface area contributed by atoms with Gasteiger partial charge in [0, 0.05) is 11.5 Å². The topological polar surface area (TPSA) is 74.6 Å². The van der Waals surface area contributed by atoms with Gasteiger partial charge in [0.05, 0.1) is 0 Å². The molecule has 0 amide bonds. The van der Waals surface area contributed by atoms with Gasteiger partial charge in [-0.2, -0.15) is 0 Å². The van der Waals surface area contributed by atoms with Crippen LogP contribution in [0.4, 0.5) is 0 Å². The number of carbonyl (C=O) groups is 2. The van der Waals surface area contributed by atoms with E-state index >= 15 is 0 Å². The fourth-order valence-corrected chi connectivity index (χ4v) is 2.20. The fraction of sp³-hybridized carbons (Fsp3) is 0.467. The lowest BCUT2D eigenvalue weighted by atomic mass is 9.89. The van der Waals surface area contributed by atoms with Crippen molar-refractivity contribution >= 4 is 11.8 Å². The molecule has 0 fully saturated rings. The molecule has 104 valence electrons. The van der Waals surface area contributed by atoms with E-state index < -0.39 is 5.97 Å². The number of hydrogen-bond acceptors (Lipinski definition) is 3. The second-order valence-corrected chi connectivity index (χ2v) is 4.68. The molecule has 4 nitrogen and oxygen atoms in total. The fourth-order valence-electron chi connectivity index (χ4n) is 2.20. The summed E-state index contributed by atoms with van der Waals surface area (Å²) in [6.07, 6.45) is 3.44. The van der Waals surface area contributed by atoms with Gasteiger partial charge >= 0.3 is 5.97 Å². The van der Waals surface area contributed by atoms with Crippen molar-refractivity contribution in [2.75, 3.05) is 0 Å². The van der Waals surface area contributed by atoms with Gasteiger partial charge in [0.15, 0.2) is 5.78 Å². The summed E-state index contributed by atoms with van der Waals surface area (Å²) in [6.45, 7) is 4.05. The Morgan fingerprint density at radius 3 is 2.21 bits per heavy atom. The number of ketones is 1. The normalized spacial score (nSPS) is 10.7. The van der Waals surface area contributed by atoms with Crippen molar-refractivity contribution in [3.63, 3.8) is 0 Å². The van der Waals surface area contributed by atoms with Gasteiger partial charge in [0.25, 0.3) is 0 Å². The third-order valence-corrected chi connectivity index (χ3v) is 3.16. The lowest BCUT2D eigenvalue weighted by molar-refractivity contribution is 0.0693. The number of Topliss-reactive ketones (excluding diaryl/α,β-unsaturated/α-hetero) is 1. The van der Waals surface area contributed by atoms with Crippen molar-refractivity contribution in [1.82, 2.24) is 0 Å². The Bertz CT molecular complexity index is 459. The van der Waals surface area contributed by atoms with Crippen LogP contribution in [0, 0.1) is 5.92 Å². The summed E-state index contributed by atoms with van der Waals surface area (Å²) in [4.78, 5) is 23.3. The Balaban J connectivity index is 3.04. The molecule has 0 aliphatic rings. The van der Waals surface area contributed by atoms with E-state index in [-0.39, 0.29) is 23.0 Å². The molecule has 1 aromatic carbocycles. The summed E-state index contributed by atoms with van der Waals surface area (Å²) in [6, 6.07) is 4.02. The second-order valence-electron chi connectivity index (χ2n) is 4.68. The maximum absolute atomic E-state index is 12.3. The minimum Gasteiger partial charge on any atom is -0.507 e. The van der Waals surface area contributed by atoms with E-state index in [4.69, 9.17) is 5.11 Å². The molecule has 1 aromatic rings. The van der Waals surface area contributed by atoms with Crippen molar-refractivity contribution in [1.29, 1.82) is 0 Å². The molecular weight excluding hydrogens is 244 g/mol. The molecule has 0 aliphatic heterocycles. The summed E-state index contributed by atoms with van der Waals surface area (Å²) in [5.41, 5.74) is 0.139. The van der Waals surface area contributed by atoms with Crippen LogP contribution < -0.4 is 0 Å². The minimum atomic E-state index is -1.23. The number of phenols is 1. The molecule has 1 rings (SSSR count). The number of hydrogen-bond donors (Lipinski definition) is 2. The number of carbonyl (C=O) groups excluding carboxylic acids is 1. The maximum Gasteiger partial charge on any atom is 0.339 e. The summed E-state index contributed by atoms with van der Waals surface area (Å²) >= 11 is 0. The molecule has 0 spiro atoms. The van der Waals surface area contributed by atoms with Crippen LogP contribution in [0.25, 0.3) is 0 Å². The molecule has 0 radical (unpaired) electrons. The lowest BCUT2D eigenvalue weighted by Crippen LogP contribution is -2.15. The Kier molecular flexibility index (Phi) is 5.55. The van der Waals surface area contributed by atoms with E-state index in [1.165, 1.54) is 18.2 Å². The molecular formula is C15H20O4. The number of aromatic carboxylic acids is 1. The zero-order valence-corrected chi connectivity index (χ0v) is 11.3. The molecule has 2 N–H and O–H groups in total. The minimum absolute atomic E-state index is 0.0359. The van der Waals surface area contributed by atoms with Crippen molar-refractivity contribution in [2.45, 2.75) is 39.5 Å². The largest absolute Gasteiger partial charge is 0.507 e. The molecule has 0 atom stereocenters. The summed E-state index contributed by atoms with van der Waals surface area (Å²) in [5, 5.41) is 18.4. The first kappa shape index (κ1) is 15.2. The van der Waals surface area contributed by atoms with Crippen LogP contribution in [-0.4, -0.2) is 22.0 Å². The number of carboxylic acid groups (broad SMARTS) is 1. The van der Waals surface area contributed by atoms with Crippen LogP contribution in [0.3, 0.4) is 0 Å². The first-order valence-electron chi connectivity index (χ1n) is 6.61. The third-order valence-electron chi connectivity index (χ3n) is 3.16. The Labute approximate surface area is 113 Å². The summed E-state index contributed by atoms with van der Waals surface area (Å²) < 4.78 is 0. The van der Waals surface area contributed by atoms with Crippen LogP contribution in [-0.2, 0) is 0 Å². The van der Waals surface area contributed by atoms with Gasteiger partial charge < -0.3 is 10.2 Å². The van der Waals surface area contributed by atoms with E-state index in [9.17, 15) is 14.7 Å². The second kappa shape index (κ2) is 6.92. The average molecular weight is 264 g/mol. The van der Waals surface area contributed by atoms with Crippen LogP contribution in [0.15, 0.2) is 18.2 Å². The van der Waals surface area contributed by atoms with E-state index in [1.807, 2.05) is 13.8 Å². The Hall–Kier alpha value is -1.84. The highest BCUT2D eigenvalue weighted by Crippen LogP contribution is 2.24. The number of aromatic hydroxyl groups is 1. The highest BCUT2D eigenvalue weighted by Gasteiger charge is 2.20. The quantitative estimate of drug-likeness (QED) is 0.739. The molecule has 0 heterocycles. The highest BCUT2D eigenvalue weighted by molar-refractivity contribution is 6.01. The number of carboxylic acids is 1. The molecule has 19 heavy (non-hydrogen) atoms. The first-order chi connectivity index (χ1) is 9.01. The Morgan fingerprint density at radius 1 is 1.16 bits per heavy atom. The average Bonchev–Trinajstić information content (AvgIpc) is 2.38. The molecule has 0 saturated carbocycles. The van der Waals surface area contributed by atoms with Crippen molar-refractivity contribution in [2.24, 2.45) is 5.92 Å². The van der Waals surface area contributed by atoms with Crippen molar-refractivity contribution in [3.8, 4) is 5.75 Å². The molecule has 0 aliphatic carbocycles. The van der Waals surface area contributed by atoms with E-state index in [0.29, 0.717) is 5.56 Å². The number of rotatable bonds is 7. The van der Waals surface area contributed by atoms with Gasteiger partial charge in [-0.25, -0.2) is 4.79 Å². The highest BCUT2D eigenvalue weighted by atomic mass is 16.4. The van der Waals surface area contributed by atoms with E-state index in [1.54, 1.807) is 0 Å². The zero-order chi connectivity index (χ0) is 14.4. The zero-order valence-electron chi connectivity index (χ0n) is 11.3. The maximum atomic E-state index is 12.3. The van der Waals surface area contributed by atoms with Gasteiger partial charge in [-0.1, -0.05) is 26.7 Å². The third kappa shape index (κ3) is 3.81. The smallest absolute Gasteiger partial charge is 0.339 e. The SMILES string of the molecule is CCCC(CCC)C(=O)c1ccc(O)c(C(=O)O)c1. The number of benzene rings is 1. The monoisotopic (exact) mass is 264 g/mol. The predicted molar refractivity (Wildman–Crippen MR) is 72.7 cm³/mol. The van der Waals surface area contributed by atoms with E-state index in [0.717, 1.165) is 25.7 Å². The van der Waals surface area contributed by atoms with Gasteiger partial charge in [-0.3, -0.25) is 4.79 Å². The van der Waals surface area contributed by atoms with Crippen LogP contribution in [0.1, 0.15) is 60.2 Å². The lowest BCUT2D eigenvalue weighted by Gasteiger charge is -2.14. The molecule has 0 bridgehead atoms. The van der Waals surface area contributed by atoms with Gasteiger partial charge in [0.1, 0.15) is 11.3 Å². The molecule has 0 unspecified atom stereocenters. The predicted octanol–water partition coefficient (Wildman–Crippen LogP) is 3.49. The van der Waals surface area contributed by atoms with Gasteiger partial charge in [-0.15, -0.1) is 0 Å². The van der Waals surface area contributed by atoms with Crippen molar-refractivity contribution < 1.29 is 19.8 Å². The van der Waals surface area contributed by atoms with Crippen molar-refractivity contribution in [3.05, 3.63) is 29.3 Å². The standard InChI is InChI=1S/C15H20O4/c1-3-5-10(6-4-2)14(17)11-7-8-13(16)12(9-11)15(18)19/h7-10,16H,3-6H2,1-2H3,(H,18,19). The molecule has 0 aromatic heterocycles. The molecule has 4 heteroatoms.